The quantitative estimate of drug-likeness (QED) is 0.525. The summed E-state index contributed by atoms with van der Waals surface area (Å²) in [6, 6.07) is 3.59. The van der Waals surface area contributed by atoms with Crippen LogP contribution in [-0.2, 0) is 4.79 Å². The maximum Gasteiger partial charge on any atom is 0.266 e. The zero-order valence-corrected chi connectivity index (χ0v) is 14.7. The molecule has 0 bridgehead atoms. The van der Waals surface area contributed by atoms with E-state index < -0.39 is 0 Å². The van der Waals surface area contributed by atoms with Crippen LogP contribution in [0.4, 0.5) is 0 Å². The van der Waals surface area contributed by atoms with Crippen molar-refractivity contribution in [1.29, 1.82) is 0 Å². The summed E-state index contributed by atoms with van der Waals surface area (Å²) in [4.78, 5) is 18.1. The van der Waals surface area contributed by atoms with E-state index in [0.717, 1.165) is 8.04 Å². The van der Waals surface area contributed by atoms with Gasteiger partial charge in [0, 0.05) is 24.1 Å². The van der Waals surface area contributed by atoms with Gasteiger partial charge in [0.15, 0.2) is 5.17 Å². The fourth-order valence-electron chi connectivity index (χ4n) is 1.59. The van der Waals surface area contributed by atoms with Crippen LogP contribution in [-0.4, -0.2) is 35.2 Å². The van der Waals surface area contributed by atoms with Gasteiger partial charge in [-0.1, -0.05) is 15.9 Å². The Hall–Kier alpha value is -0.540. The molecule has 1 fully saturated rings. The maximum absolute atomic E-state index is 12.0. The van der Waals surface area contributed by atoms with E-state index in [9.17, 15) is 9.90 Å². The lowest BCUT2D eigenvalue weighted by Crippen LogP contribution is -2.23. The number of phenols is 1. The lowest BCUT2D eigenvalue weighted by atomic mass is 10.2. The van der Waals surface area contributed by atoms with Crippen molar-refractivity contribution in [3.63, 3.8) is 0 Å². The number of benzene rings is 1. The number of nitrogens with zero attached hydrogens (tertiary/aromatic N) is 2. The molecule has 0 atom stereocenters. The summed E-state index contributed by atoms with van der Waals surface area (Å²) in [7, 11) is 3.33. The molecule has 7 heteroatoms. The minimum atomic E-state index is -0.111. The highest BCUT2D eigenvalue weighted by Gasteiger charge is 2.30. The highest BCUT2D eigenvalue weighted by Crippen LogP contribution is 2.35. The SMILES string of the molecule is CN=C1S/C(=C\c2cc(Br)cc(I)c2O)C(=O)N1C. The van der Waals surface area contributed by atoms with Crippen molar-refractivity contribution < 1.29 is 9.90 Å². The lowest BCUT2D eigenvalue weighted by Gasteiger charge is -2.05. The van der Waals surface area contributed by atoms with Crippen LogP contribution in [0.15, 0.2) is 26.5 Å². The number of halogens is 2. The monoisotopic (exact) mass is 452 g/mol. The Labute approximate surface area is 137 Å². The molecule has 1 aliphatic heterocycles. The van der Waals surface area contributed by atoms with Crippen molar-refractivity contribution in [3.8, 4) is 5.75 Å². The largest absolute Gasteiger partial charge is 0.506 e. The van der Waals surface area contributed by atoms with E-state index in [0.29, 0.717) is 15.6 Å². The van der Waals surface area contributed by atoms with Gasteiger partial charge in [0.25, 0.3) is 5.91 Å². The second-order valence-corrected chi connectivity index (χ2v) is 6.89. The van der Waals surface area contributed by atoms with Crippen molar-refractivity contribution >= 4 is 67.4 Å². The molecule has 0 aliphatic carbocycles. The van der Waals surface area contributed by atoms with Gasteiger partial charge in [-0.05, 0) is 52.6 Å². The molecule has 1 aromatic rings. The molecular weight excluding hydrogens is 443 g/mol. The Kier molecular flexibility index (Phi) is 4.57. The molecule has 0 aromatic heterocycles. The third-order valence-electron chi connectivity index (χ3n) is 2.54. The molecular formula is C12H10BrIN2O2S. The Bertz CT molecular complexity index is 616. The van der Waals surface area contributed by atoms with Crippen molar-refractivity contribution in [2.75, 3.05) is 14.1 Å². The number of carbonyl (C=O) groups is 1. The summed E-state index contributed by atoms with van der Waals surface area (Å²) < 4.78 is 1.58. The Morgan fingerprint density at radius 1 is 1.53 bits per heavy atom. The first-order valence-corrected chi connectivity index (χ1v) is 7.95. The second-order valence-electron chi connectivity index (χ2n) is 3.81. The van der Waals surface area contributed by atoms with Gasteiger partial charge in [-0.25, -0.2) is 0 Å². The van der Waals surface area contributed by atoms with Crippen molar-refractivity contribution in [2.45, 2.75) is 0 Å². The number of carbonyl (C=O) groups excluding carboxylic acids is 1. The van der Waals surface area contributed by atoms with Crippen LogP contribution in [0.1, 0.15) is 5.56 Å². The highest BCUT2D eigenvalue weighted by molar-refractivity contribution is 14.1. The molecule has 100 valence electrons. The number of hydrogen-bond donors (Lipinski definition) is 1. The number of likely N-dealkylation sites (N-methyl/N-ethyl adjacent to an activating group) is 1. The maximum atomic E-state index is 12.0. The van der Waals surface area contributed by atoms with E-state index >= 15 is 0 Å². The molecule has 0 unspecified atom stereocenters. The molecule has 1 aromatic carbocycles. The Balaban J connectivity index is 2.46. The summed E-state index contributed by atoms with van der Waals surface area (Å²) in [6.07, 6.45) is 1.68. The Morgan fingerprint density at radius 3 is 2.79 bits per heavy atom. The van der Waals surface area contributed by atoms with Gasteiger partial charge in [-0.3, -0.25) is 14.7 Å². The van der Waals surface area contributed by atoms with Gasteiger partial charge < -0.3 is 5.11 Å². The fourth-order valence-corrected chi connectivity index (χ4v) is 4.05. The van der Waals surface area contributed by atoms with E-state index in [4.69, 9.17) is 0 Å². The van der Waals surface area contributed by atoms with E-state index in [1.165, 1.54) is 16.7 Å². The zero-order chi connectivity index (χ0) is 14.2. The van der Waals surface area contributed by atoms with Gasteiger partial charge in [-0.2, -0.15) is 0 Å². The summed E-state index contributed by atoms with van der Waals surface area (Å²) in [5.74, 6) is 0.0641. The molecule has 2 rings (SSSR count). The van der Waals surface area contributed by atoms with Crippen molar-refractivity contribution in [2.24, 2.45) is 4.99 Å². The molecule has 1 N–H and O–H groups in total. The Morgan fingerprint density at radius 2 is 2.21 bits per heavy atom. The number of phenolic OH excluding ortho intramolecular Hbond substituents is 1. The van der Waals surface area contributed by atoms with Gasteiger partial charge in [-0.15, -0.1) is 0 Å². The fraction of sp³-hybridized carbons (Fsp3) is 0.167. The third-order valence-corrected chi connectivity index (χ3v) is 4.97. The number of amides is 1. The van der Waals surface area contributed by atoms with Gasteiger partial charge >= 0.3 is 0 Å². The van der Waals surface area contributed by atoms with Crippen molar-refractivity contribution in [3.05, 3.63) is 30.6 Å². The number of hydrogen-bond acceptors (Lipinski definition) is 4. The molecule has 1 amide bonds. The van der Waals surface area contributed by atoms with E-state index in [1.54, 1.807) is 26.2 Å². The molecule has 0 radical (unpaired) electrons. The van der Waals surface area contributed by atoms with Gasteiger partial charge in [0.05, 0.1) is 8.48 Å². The average Bonchev–Trinajstić information content (AvgIpc) is 2.63. The summed E-state index contributed by atoms with van der Waals surface area (Å²) in [5.41, 5.74) is 0.611. The lowest BCUT2D eigenvalue weighted by molar-refractivity contribution is -0.121. The minimum Gasteiger partial charge on any atom is -0.506 e. The molecule has 1 aliphatic rings. The standard InChI is InChI=1S/C12H10BrIN2O2S/c1-15-12-16(2)11(18)9(19-12)4-6-3-7(13)5-8(14)10(6)17/h3-5,17H,1-2H3/b9-4-,15-12?. The van der Waals surface area contributed by atoms with E-state index in [1.807, 2.05) is 28.7 Å². The van der Waals surface area contributed by atoms with Gasteiger partial charge in [0.1, 0.15) is 5.75 Å². The van der Waals surface area contributed by atoms with Crippen LogP contribution in [0, 0.1) is 3.57 Å². The first-order valence-electron chi connectivity index (χ1n) is 5.26. The van der Waals surface area contributed by atoms with Crippen LogP contribution in [0.2, 0.25) is 0 Å². The molecule has 19 heavy (non-hydrogen) atoms. The number of amidine groups is 1. The second kappa shape index (κ2) is 5.84. The molecule has 0 saturated carbocycles. The normalized spacial score (nSPS) is 19.8. The molecule has 4 nitrogen and oxygen atoms in total. The highest BCUT2D eigenvalue weighted by atomic mass is 127. The zero-order valence-electron chi connectivity index (χ0n) is 10.1. The van der Waals surface area contributed by atoms with E-state index in [2.05, 4.69) is 20.9 Å². The first kappa shape index (κ1) is 14.9. The molecule has 1 heterocycles. The molecule has 0 spiro atoms. The molecule has 1 saturated heterocycles. The topological polar surface area (TPSA) is 52.9 Å². The number of rotatable bonds is 1. The third kappa shape index (κ3) is 2.97. The van der Waals surface area contributed by atoms with E-state index in [-0.39, 0.29) is 11.7 Å². The summed E-state index contributed by atoms with van der Waals surface area (Å²) in [6.45, 7) is 0. The van der Waals surface area contributed by atoms with Crippen LogP contribution in [0.3, 0.4) is 0 Å². The van der Waals surface area contributed by atoms with Gasteiger partial charge in [0.2, 0.25) is 0 Å². The average molecular weight is 453 g/mol. The van der Waals surface area contributed by atoms with Crippen LogP contribution in [0.5, 0.6) is 5.75 Å². The number of aromatic hydroxyl groups is 1. The summed E-state index contributed by atoms with van der Waals surface area (Å²) >= 11 is 6.73. The van der Waals surface area contributed by atoms with Crippen LogP contribution in [0.25, 0.3) is 6.08 Å². The minimum absolute atomic E-state index is 0.111. The predicted octanol–water partition coefficient (Wildman–Crippen LogP) is 3.29. The number of aliphatic imine (C=N–C) groups is 1. The predicted molar refractivity (Wildman–Crippen MR) is 90.2 cm³/mol. The van der Waals surface area contributed by atoms with Crippen molar-refractivity contribution in [1.82, 2.24) is 4.90 Å². The summed E-state index contributed by atoms with van der Waals surface area (Å²) in [5, 5.41) is 10.7. The van der Waals surface area contributed by atoms with Crippen LogP contribution >= 0.6 is 50.3 Å². The smallest absolute Gasteiger partial charge is 0.266 e. The first-order chi connectivity index (χ1) is 8.93. The van der Waals surface area contributed by atoms with Crippen LogP contribution < -0.4 is 0 Å². The number of thioether (sulfide) groups is 1.